The molecule has 7 nitrogen and oxygen atoms in total. The Labute approximate surface area is 125 Å². The van der Waals surface area contributed by atoms with E-state index in [2.05, 4.69) is 15.5 Å². The molecular weight excluding hydrogens is 272 g/mol. The van der Waals surface area contributed by atoms with E-state index < -0.39 is 5.97 Å². The third kappa shape index (κ3) is 6.31. The number of nitrogens with zero attached hydrogens (tertiary/aromatic N) is 2. The molecule has 1 heterocycles. The minimum absolute atomic E-state index is 0.208. The summed E-state index contributed by atoms with van der Waals surface area (Å²) >= 11 is 0. The average molecular weight is 298 g/mol. The standard InChI is InChI=1S/C14H26N4O3/c19-13(20)11-18(10-12-2-3-12)14(21)16-4-1-7-17-8-5-15-6-9-17/h12,15H,1-11H2,(H,16,21)(H,19,20). The van der Waals surface area contributed by atoms with Gasteiger partial charge in [0, 0.05) is 39.3 Å². The summed E-state index contributed by atoms with van der Waals surface area (Å²) in [5.41, 5.74) is 0. The first-order valence-corrected chi connectivity index (χ1v) is 7.83. The first-order valence-electron chi connectivity index (χ1n) is 7.83. The molecular formula is C14H26N4O3. The van der Waals surface area contributed by atoms with Crippen LogP contribution < -0.4 is 10.6 Å². The summed E-state index contributed by atoms with van der Waals surface area (Å²) in [5, 5.41) is 15.0. The fourth-order valence-electron chi connectivity index (χ4n) is 2.54. The highest BCUT2D eigenvalue weighted by Gasteiger charge is 2.27. The number of carboxylic acids is 1. The van der Waals surface area contributed by atoms with Crippen molar-refractivity contribution in [3.05, 3.63) is 0 Å². The van der Waals surface area contributed by atoms with Crippen molar-refractivity contribution in [2.45, 2.75) is 19.3 Å². The molecule has 0 spiro atoms. The summed E-state index contributed by atoms with van der Waals surface area (Å²) in [6.45, 7) is 6.10. The Morgan fingerprint density at radius 2 is 2.00 bits per heavy atom. The Balaban J connectivity index is 1.62. The van der Waals surface area contributed by atoms with Crippen molar-refractivity contribution in [1.29, 1.82) is 0 Å². The van der Waals surface area contributed by atoms with Crippen molar-refractivity contribution in [3.63, 3.8) is 0 Å². The summed E-state index contributed by atoms with van der Waals surface area (Å²) in [6.07, 6.45) is 3.11. The maximum atomic E-state index is 12.0. The van der Waals surface area contributed by atoms with Gasteiger partial charge in [0.1, 0.15) is 6.54 Å². The number of nitrogens with one attached hydrogen (secondary N) is 2. The number of hydrogen-bond donors (Lipinski definition) is 3. The Kier molecular flexibility index (Phi) is 6.25. The van der Waals surface area contributed by atoms with Crippen LogP contribution >= 0.6 is 0 Å². The van der Waals surface area contributed by atoms with E-state index in [1.54, 1.807) is 0 Å². The van der Waals surface area contributed by atoms with E-state index in [-0.39, 0.29) is 12.6 Å². The Morgan fingerprint density at radius 3 is 2.62 bits per heavy atom. The summed E-state index contributed by atoms with van der Waals surface area (Å²) in [4.78, 5) is 26.6. The topological polar surface area (TPSA) is 84.9 Å². The molecule has 0 bridgehead atoms. The molecule has 0 radical (unpaired) electrons. The number of carboxylic acid groups (broad SMARTS) is 1. The number of rotatable bonds is 8. The molecule has 7 heteroatoms. The van der Waals surface area contributed by atoms with Gasteiger partial charge in [-0.15, -0.1) is 0 Å². The smallest absolute Gasteiger partial charge is 0.323 e. The van der Waals surface area contributed by atoms with Crippen molar-refractivity contribution in [1.82, 2.24) is 20.4 Å². The molecule has 1 saturated heterocycles. The van der Waals surface area contributed by atoms with Gasteiger partial charge in [-0.1, -0.05) is 0 Å². The molecule has 0 aromatic heterocycles. The molecule has 3 N–H and O–H groups in total. The van der Waals surface area contributed by atoms with Crippen molar-refractivity contribution >= 4 is 12.0 Å². The van der Waals surface area contributed by atoms with Crippen LogP contribution in [0.5, 0.6) is 0 Å². The number of aliphatic carboxylic acids is 1. The van der Waals surface area contributed by atoms with Crippen LogP contribution in [-0.4, -0.2) is 79.3 Å². The van der Waals surface area contributed by atoms with Crippen LogP contribution in [-0.2, 0) is 4.79 Å². The first kappa shape index (κ1) is 16.0. The lowest BCUT2D eigenvalue weighted by molar-refractivity contribution is -0.137. The van der Waals surface area contributed by atoms with Gasteiger partial charge >= 0.3 is 12.0 Å². The number of urea groups is 1. The third-order valence-corrected chi connectivity index (χ3v) is 3.93. The van der Waals surface area contributed by atoms with Crippen LogP contribution in [0.2, 0.25) is 0 Å². The van der Waals surface area contributed by atoms with Crippen LogP contribution in [0.4, 0.5) is 4.79 Å². The van der Waals surface area contributed by atoms with Gasteiger partial charge in [0.05, 0.1) is 0 Å². The van der Waals surface area contributed by atoms with E-state index in [4.69, 9.17) is 5.11 Å². The zero-order chi connectivity index (χ0) is 15.1. The molecule has 1 aliphatic carbocycles. The van der Waals surface area contributed by atoms with Gasteiger partial charge in [0.2, 0.25) is 0 Å². The molecule has 1 aliphatic heterocycles. The molecule has 21 heavy (non-hydrogen) atoms. The van der Waals surface area contributed by atoms with Crippen molar-refractivity contribution < 1.29 is 14.7 Å². The SMILES string of the molecule is O=C(O)CN(CC1CC1)C(=O)NCCCN1CCNCC1. The fourth-order valence-corrected chi connectivity index (χ4v) is 2.54. The molecule has 2 fully saturated rings. The van der Waals surface area contributed by atoms with Gasteiger partial charge in [-0.2, -0.15) is 0 Å². The van der Waals surface area contributed by atoms with E-state index in [1.165, 1.54) is 4.90 Å². The summed E-state index contributed by atoms with van der Waals surface area (Å²) in [7, 11) is 0. The van der Waals surface area contributed by atoms with Crippen molar-refractivity contribution in [2.24, 2.45) is 5.92 Å². The molecule has 1 saturated carbocycles. The fraction of sp³-hybridized carbons (Fsp3) is 0.857. The predicted octanol–water partition coefficient (Wildman–Crippen LogP) is -0.212. The monoisotopic (exact) mass is 298 g/mol. The molecule has 0 aromatic rings. The normalized spacial score (nSPS) is 19.2. The van der Waals surface area contributed by atoms with Gasteiger partial charge < -0.3 is 25.5 Å². The third-order valence-electron chi connectivity index (χ3n) is 3.93. The number of piperazine rings is 1. The second-order valence-corrected chi connectivity index (χ2v) is 5.89. The van der Waals surface area contributed by atoms with Crippen LogP contribution in [0.3, 0.4) is 0 Å². The Morgan fingerprint density at radius 1 is 1.29 bits per heavy atom. The molecule has 2 aliphatic rings. The summed E-state index contributed by atoms with van der Waals surface area (Å²) < 4.78 is 0. The number of hydrogen-bond acceptors (Lipinski definition) is 4. The van der Waals surface area contributed by atoms with Crippen LogP contribution in [0.1, 0.15) is 19.3 Å². The molecule has 120 valence electrons. The molecule has 0 aromatic carbocycles. The highest BCUT2D eigenvalue weighted by molar-refractivity contribution is 5.80. The van der Waals surface area contributed by atoms with E-state index >= 15 is 0 Å². The highest BCUT2D eigenvalue weighted by Crippen LogP contribution is 2.29. The minimum atomic E-state index is -0.952. The van der Waals surface area contributed by atoms with Gasteiger partial charge in [-0.3, -0.25) is 4.79 Å². The van der Waals surface area contributed by atoms with E-state index in [9.17, 15) is 9.59 Å². The molecule has 0 unspecified atom stereocenters. The predicted molar refractivity (Wildman–Crippen MR) is 79.3 cm³/mol. The number of carbonyl (C=O) groups excluding carboxylic acids is 1. The van der Waals surface area contributed by atoms with Gasteiger partial charge in [0.15, 0.2) is 0 Å². The van der Waals surface area contributed by atoms with Crippen molar-refractivity contribution in [2.75, 3.05) is 52.4 Å². The quantitative estimate of drug-likeness (QED) is 0.540. The van der Waals surface area contributed by atoms with Crippen molar-refractivity contribution in [3.8, 4) is 0 Å². The molecule has 0 atom stereocenters. The van der Waals surface area contributed by atoms with E-state index in [0.717, 1.165) is 52.0 Å². The van der Waals surface area contributed by atoms with Gasteiger partial charge in [-0.05, 0) is 31.7 Å². The first-order chi connectivity index (χ1) is 10.1. The van der Waals surface area contributed by atoms with E-state index in [0.29, 0.717) is 19.0 Å². The second-order valence-electron chi connectivity index (χ2n) is 5.89. The Bertz CT molecular complexity index is 354. The lowest BCUT2D eigenvalue weighted by Gasteiger charge is -2.27. The zero-order valence-electron chi connectivity index (χ0n) is 12.5. The summed E-state index contributed by atoms with van der Waals surface area (Å²) in [6, 6.07) is -0.246. The lowest BCUT2D eigenvalue weighted by Crippen LogP contribution is -2.46. The molecule has 2 amide bonds. The Hall–Kier alpha value is -1.34. The second kappa shape index (κ2) is 8.19. The number of carbonyl (C=O) groups is 2. The van der Waals surface area contributed by atoms with Crippen LogP contribution in [0, 0.1) is 5.92 Å². The maximum absolute atomic E-state index is 12.0. The van der Waals surface area contributed by atoms with Crippen LogP contribution in [0.25, 0.3) is 0 Å². The maximum Gasteiger partial charge on any atom is 0.323 e. The average Bonchev–Trinajstić information content (AvgIpc) is 3.27. The number of amides is 2. The summed E-state index contributed by atoms with van der Waals surface area (Å²) in [5.74, 6) is -0.456. The molecule has 2 rings (SSSR count). The zero-order valence-corrected chi connectivity index (χ0v) is 12.5. The lowest BCUT2D eigenvalue weighted by atomic mass is 10.3. The largest absolute Gasteiger partial charge is 0.480 e. The highest BCUT2D eigenvalue weighted by atomic mass is 16.4. The van der Waals surface area contributed by atoms with Gasteiger partial charge in [0.25, 0.3) is 0 Å². The minimum Gasteiger partial charge on any atom is -0.480 e. The van der Waals surface area contributed by atoms with Crippen LogP contribution in [0.15, 0.2) is 0 Å². The van der Waals surface area contributed by atoms with E-state index in [1.807, 2.05) is 0 Å². The van der Waals surface area contributed by atoms with Gasteiger partial charge in [-0.25, -0.2) is 4.79 Å².